The normalized spacial score (nSPS) is 20.8. The van der Waals surface area contributed by atoms with Crippen LogP contribution in [0.2, 0.25) is 0 Å². The number of aliphatic imine (C=N–C) groups is 1. The van der Waals surface area contributed by atoms with Gasteiger partial charge in [-0.2, -0.15) is 5.26 Å². The van der Waals surface area contributed by atoms with Crippen molar-refractivity contribution >= 4 is 47.0 Å². The summed E-state index contributed by atoms with van der Waals surface area (Å²) in [6, 6.07) is 7.16. The maximum atomic E-state index is 12.1. The summed E-state index contributed by atoms with van der Waals surface area (Å²) in [4.78, 5) is 102. The lowest BCUT2D eigenvalue weighted by Crippen LogP contribution is -2.33. The third kappa shape index (κ3) is 11.8. The molecule has 0 bridgehead atoms. The molecule has 27 nitrogen and oxygen atoms in total. The van der Waals surface area contributed by atoms with Gasteiger partial charge in [0.25, 0.3) is 16.7 Å². The average molecular weight is 922 g/mol. The van der Waals surface area contributed by atoms with Gasteiger partial charge in [0.1, 0.15) is 47.2 Å². The van der Waals surface area contributed by atoms with Gasteiger partial charge in [-0.25, -0.2) is 24.4 Å². The average Bonchev–Trinajstić information content (AvgIpc) is 4.11. The second kappa shape index (κ2) is 21.9. The van der Waals surface area contributed by atoms with Gasteiger partial charge in [0.15, 0.2) is 0 Å². The summed E-state index contributed by atoms with van der Waals surface area (Å²) in [5.41, 5.74) is -0.869. The molecule has 1 amide bonds. The Bertz CT molecular complexity index is 2930. The number of carbonyl (C=O) groups is 2. The third-order valence-corrected chi connectivity index (χ3v) is 10.0. The van der Waals surface area contributed by atoms with E-state index in [4.69, 9.17) is 24.9 Å². The van der Waals surface area contributed by atoms with Crippen molar-refractivity contribution in [2.75, 3.05) is 19.8 Å². The van der Waals surface area contributed by atoms with Crippen molar-refractivity contribution in [3.63, 3.8) is 0 Å². The number of para-hydroxylation sites is 1. The summed E-state index contributed by atoms with van der Waals surface area (Å²) in [6.07, 6.45) is 4.68. The van der Waals surface area contributed by atoms with Crippen LogP contribution in [0.3, 0.4) is 0 Å². The second-order valence-electron chi connectivity index (χ2n) is 14.5. The lowest BCUT2D eigenvalue weighted by atomic mass is 10.2. The van der Waals surface area contributed by atoms with E-state index in [-0.39, 0.29) is 29.5 Å². The number of aryl methyl sites for hydroxylation is 1. The van der Waals surface area contributed by atoms with Gasteiger partial charge < -0.3 is 45.3 Å². The molecule has 2 saturated heterocycles. The van der Waals surface area contributed by atoms with Crippen molar-refractivity contribution in [1.29, 1.82) is 0 Å². The zero-order chi connectivity index (χ0) is 47.5. The molecule has 10 N–H and O–H groups in total. The molecule has 5 aromatic rings. The van der Waals surface area contributed by atoms with Crippen LogP contribution in [0, 0.1) is 0 Å². The van der Waals surface area contributed by atoms with Gasteiger partial charge in [-0.15, -0.1) is 5.10 Å². The van der Waals surface area contributed by atoms with Crippen molar-refractivity contribution in [3.05, 3.63) is 123 Å². The van der Waals surface area contributed by atoms with Gasteiger partial charge in [-0.3, -0.25) is 43.3 Å². The summed E-state index contributed by atoms with van der Waals surface area (Å²) in [5, 5.41) is 64.5. The molecule has 27 heteroatoms. The van der Waals surface area contributed by atoms with Gasteiger partial charge in [0.05, 0.1) is 42.2 Å². The van der Waals surface area contributed by atoms with Crippen LogP contribution in [0.15, 0.2) is 77.8 Å². The number of nitrogens with zero attached hydrogens (tertiary/aromatic N) is 7. The molecule has 66 heavy (non-hydrogen) atoms. The number of carboxylic acids is 1. The molecule has 2 unspecified atom stereocenters. The molecule has 0 spiro atoms. The zero-order valence-electron chi connectivity index (χ0n) is 34.4. The minimum Gasteiger partial charge on any atom is -0.478 e. The highest BCUT2D eigenvalue weighted by Gasteiger charge is 2.36. The lowest BCUT2D eigenvalue weighted by molar-refractivity contribution is -0.250. The summed E-state index contributed by atoms with van der Waals surface area (Å²) >= 11 is 0. The van der Waals surface area contributed by atoms with Crippen molar-refractivity contribution < 1.29 is 54.8 Å². The fourth-order valence-corrected chi connectivity index (χ4v) is 6.71. The Morgan fingerprint density at radius 1 is 0.848 bits per heavy atom. The number of amides is 1. The Hall–Kier alpha value is -7.53. The maximum Gasteiger partial charge on any atom is 0.330 e. The maximum absolute atomic E-state index is 12.1. The molecule has 8 rings (SSSR count). The number of nitrogens with one attached hydrogen (secondary N) is 4. The first-order chi connectivity index (χ1) is 31.7. The smallest absolute Gasteiger partial charge is 0.330 e. The number of hydrogen-bond donors (Lipinski definition) is 10. The van der Waals surface area contributed by atoms with Gasteiger partial charge in [-0.05, 0) is 40.8 Å². The summed E-state index contributed by atoms with van der Waals surface area (Å²) in [6.45, 7) is -0.496. The number of benzene rings is 1. The Kier molecular flexibility index (Phi) is 15.9. The van der Waals surface area contributed by atoms with Crippen molar-refractivity contribution in [1.82, 2.24) is 49.5 Å². The first-order valence-electron chi connectivity index (χ1n) is 19.9. The predicted octanol–water partition coefficient (Wildman–Crippen LogP) is -3.11. The van der Waals surface area contributed by atoms with E-state index in [1.54, 1.807) is 24.4 Å². The summed E-state index contributed by atoms with van der Waals surface area (Å²) in [5.74, 6) is -1.16. The van der Waals surface area contributed by atoms with Crippen LogP contribution in [-0.4, -0.2) is 137 Å². The van der Waals surface area contributed by atoms with E-state index in [0.717, 1.165) is 38.4 Å². The molecule has 3 aliphatic heterocycles. The molecular formula is C39H43N11O16. The number of aliphatic hydroxyl groups is 4. The first-order valence-corrected chi connectivity index (χ1v) is 19.9. The van der Waals surface area contributed by atoms with Crippen LogP contribution >= 0.6 is 0 Å². The van der Waals surface area contributed by atoms with Crippen LogP contribution in [0.4, 0.5) is 5.69 Å². The zero-order valence-corrected chi connectivity index (χ0v) is 34.4. The third-order valence-electron chi connectivity index (χ3n) is 10.0. The molecular weight excluding hydrogens is 878 g/mol. The number of aliphatic carboxylic acids is 1. The quantitative estimate of drug-likeness (QED) is 0.0242. The largest absolute Gasteiger partial charge is 0.478 e. The molecule has 0 saturated carbocycles. The number of carbonyl (C=O) groups excluding carboxylic acids is 1. The molecule has 7 heterocycles. The number of carboxylic acid groups (broad SMARTS) is 1. The Morgan fingerprint density at radius 2 is 1.44 bits per heavy atom. The number of aliphatic hydroxyl groups excluding tert-OH is 4. The highest BCUT2D eigenvalue weighted by molar-refractivity contribution is 5.91. The van der Waals surface area contributed by atoms with E-state index in [1.165, 1.54) is 12.3 Å². The molecule has 6 atom stereocenters. The SMILES string of the molecule is O=C(/C=C/c1cn([C@H]2CC(O)[C@@H](CO)O2)c(=O)[nH]c1=O)NCCCc1nc2c(c(=O)[nH]1)N=CC2.O=C(O)/C=C/c1cn([C@H]2CC(O)[C@@H](CO)O2)c(=O)[nH]c1=O.OOn1nnc2ccccc21. The van der Waals surface area contributed by atoms with Gasteiger partial charge >= 0.3 is 17.3 Å². The Labute approximate surface area is 368 Å². The van der Waals surface area contributed by atoms with Crippen LogP contribution in [0.25, 0.3) is 23.2 Å². The van der Waals surface area contributed by atoms with E-state index < -0.39 is 84.5 Å². The van der Waals surface area contributed by atoms with E-state index in [2.05, 4.69) is 40.6 Å². The van der Waals surface area contributed by atoms with Gasteiger partial charge in [0, 0.05) is 63.0 Å². The monoisotopic (exact) mass is 921 g/mol. The van der Waals surface area contributed by atoms with Crippen LogP contribution in [-0.2, 0) is 31.9 Å². The highest BCUT2D eigenvalue weighted by atomic mass is 17.2. The number of rotatable bonds is 13. The minimum absolute atomic E-state index is 0.0393. The minimum atomic E-state index is -1.24. The summed E-state index contributed by atoms with van der Waals surface area (Å²) in [7, 11) is 0. The molecule has 350 valence electrons. The van der Waals surface area contributed by atoms with E-state index in [1.807, 2.05) is 11.1 Å². The molecule has 2 fully saturated rings. The second-order valence-corrected chi connectivity index (χ2v) is 14.5. The molecule has 3 aliphatic rings. The first kappa shape index (κ1) is 47.9. The molecule has 0 aliphatic carbocycles. The van der Waals surface area contributed by atoms with Crippen LogP contribution in [0.5, 0.6) is 0 Å². The van der Waals surface area contributed by atoms with E-state index in [9.17, 15) is 48.9 Å². The van der Waals surface area contributed by atoms with E-state index >= 15 is 0 Å². The highest BCUT2D eigenvalue weighted by Crippen LogP contribution is 2.28. The Morgan fingerprint density at radius 3 is 2.00 bits per heavy atom. The van der Waals surface area contributed by atoms with Crippen molar-refractivity contribution in [2.45, 2.75) is 69.0 Å². The number of fused-ring (bicyclic) bond motifs is 2. The number of ether oxygens (including phenoxy) is 2. The molecule has 4 aromatic heterocycles. The Balaban J connectivity index is 0.000000189. The number of H-pyrrole nitrogens is 3. The van der Waals surface area contributed by atoms with Gasteiger partial charge in [-0.1, -0.05) is 12.1 Å². The van der Waals surface area contributed by atoms with Crippen LogP contribution < -0.4 is 38.4 Å². The van der Waals surface area contributed by atoms with Crippen molar-refractivity contribution in [3.8, 4) is 0 Å². The summed E-state index contributed by atoms with van der Waals surface area (Å²) < 4.78 is 12.9. The van der Waals surface area contributed by atoms with Gasteiger partial charge in [0.2, 0.25) is 5.91 Å². The predicted molar refractivity (Wildman–Crippen MR) is 226 cm³/mol. The topological polar surface area (TPSA) is 394 Å². The molecule has 0 radical (unpaired) electrons. The van der Waals surface area contributed by atoms with Crippen molar-refractivity contribution in [2.24, 2.45) is 4.99 Å². The number of aromatic amines is 3. The number of aromatic nitrogens is 9. The lowest BCUT2D eigenvalue weighted by Gasteiger charge is -2.14. The number of hydrogen-bond acceptors (Lipinski definition) is 19. The van der Waals surface area contributed by atoms with Crippen LogP contribution in [0.1, 0.15) is 54.4 Å². The standard InChI is InChI=1S/C21H24N6O7.C12H14N2O7.C6H5N3O2/c28-10-14-13(29)8-17(34-14)27-9-11(19(31)26-21(27)33)3-4-16(30)22-6-1-2-15-24-12-5-7-23-18(12)20(32)25-15;15-5-8-7(16)3-9(21-8)14-4-6(1-2-10(17)18)11(19)13-12(14)20;10-11-9-6-4-2-1-3-5(6)7-8-9/h3-4,7,9,13-14,17,28-29H,1-2,5-6,8,10H2,(H,22,30)(H,24,25,32)(H,26,31,33);1-2,4,7-9,15-16H,3,5H2,(H,17,18)(H,13,19,20);1-4,10H/b4-3+;2-1+;/t13?,14-,17-;7?,8-,9-;/m11./s1. The fraction of sp³-hybridized carbons (Fsp3) is 0.359. The fourth-order valence-electron chi connectivity index (χ4n) is 6.71. The van der Waals surface area contributed by atoms with E-state index in [0.29, 0.717) is 54.0 Å². The molecule has 1 aromatic carbocycles.